The third kappa shape index (κ3) is 4.04. The van der Waals surface area contributed by atoms with Crippen molar-refractivity contribution in [2.24, 2.45) is 0 Å². The molecule has 112 valence electrons. The summed E-state index contributed by atoms with van der Waals surface area (Å²) in [7, 11) is 0. The van der Waals surface area contributed by atoms with E-state index in [2.05, 4.69) is 9.64 Å². The summed E-state index contributed by atoms with van der Waals surface area (Å²) in [6, 6.07) is 5.03. The molecule has 1 N–H and O–H groups in total. The molecule has 0 aliphatic heterocycles. The second-order valence-corrected chi connectivity index (χ2v) is 5.35. The molecule has 0 unspecified atom stereocenters. The molecular weight excluding hydrogens is 288 g/mol. The van der Waals surface area contributed by atoms with E-state index in [4.69, 9.17) is 16.7 Å². The molecular formula is C14H18ClF2NO2. The number of alkyl halides is 2. The summed E-state index contributed by atoms with van der Waals surface area (Å²) in [5.41, 5.74) is 0.623. The van der Waals surface area contributed by atoms with Gasteiger partial charge in [0.15, 0.2) is 0 Å². The van der Waals surface area contributed by atoms with Crippen molar-refractivity contribution in [3.05, 3.63) is 28.8 Å². The minimum atomic E-state index is -2.86. The van der Waals surface area contributed by atoms with Crippen LogP contribution in [0.4, 0.5) is 8.78 Å². The van der Waals surface area contributed by atoms with Crippen LogP contribution in [0.3, 0.4) is 0 Å². The molecule has 0 amide bonds. The fraction of sp³-hybridized carbons (Fsp3) is 0.571. The Balaban J connectivity index is 2.14. The average Bonchev–Trinajstić information content (AvgIpc) is 2.30. The van der Waals surface area contributed by atoms with Gasteiger partial charge in [-0.1, -0.05) is 18.0 Å². The Labute approximate surface area is 122 Å². The van der Waals surface area contributed by atoms with Crippen molar-refractivity contribution in [3.8, 4) is 5.75 Å². The molecule has 0 heterocycles. The molecule has 1 aliphatic carbocycles. The highest BCUT2D eigenvalue weighted by Gasteiger charge is 2.25. The van der Waals surface area contributed by atoms with Crippen molar-refractivity contribution < 1.29 is 18.6 Å². The van der Waals surface area contributed by atoms with Gasteiger partial charge in [0, 0.05) is 29.7 Å². The summed E-state index contributed by atoms with van der Waals surface area (Å²) in [6.07, 6.45) is 3.32. The molecule has 2 rings (SSSR count). The third-order valence-corrected chi connectivity index (χ3v) is 3.83. The Hall–Kier alpha value is -0.910. The Kier molecular flexibility index (Phi) is 5.57. The SMILES string of the molecule is OCCN(Cc1cc(Cl)ccc1OC(F)F)C1CCC1. The van der Waals surface area contributed by atoms with E-state index in [-0.39, 0.29) is 12.4 Å². The summed E-state index contributed by atoms with van der Waals surface area (Å²) < 4.78 is 29.4. The maximum absolute atomic E-state index is 12.4. The van der Waals surface area contributed by atoms with Gasteiger partial charge in [-0.05, 0) is 31.0 Å². The molecule has 20 heavy (non-hydrogen) atoms. The van der Waals surface area contributed by atoms with E-state index in [1.54, 1.807) is 6.07 Å². The minimum absolute atomic E-state index is 0.0438. The van der Waals surface area contributed by atoms with Gasteiger partial charge in [-0.2, -0.15) is 8.78 Å². The fourth-order valence-corrected chi connectivity index (χ4v) is 2.57. The number of halogens is 3. The maximum atomic E-state index is 12.4. The number of benzene rings is 1. The van der Waals surface area contributed by atoms with Gasteiger partial charge in [0.1, 0.15) is 5.75 Å². The smallest absolute Gasteiger partial charge is 0.387 e. The van der Waals surface area contributed by atoms with Crippen LogP contribution >= 0.6 is 11.6 Å². The standard InChI is InChI=1S/C14H18ClF2NO2/c15-11-4-5-13(20-14(16)17)10(8-11)9-18(6-7-19)12-2-1-3-12/h4-5,8,12,14,19H,1-3,6-7,9H2. The normalized spacial score (nSPS) is 15.7. The molecule has 0 atom stereocenters. The lowest BCUT2D eigenvalue weighted by Gasteiger charge is -2.37. The first-order chi connectivity index (χ1) is 9.60. The number of ether oxygens (including phenoxy) is 1. The third-order valence-electron chi connectivity index (χ3n) is 3.59. The van der Waals surface area contributed by atoms with E-state index in [0.717, 1.165) is 12.8 Å². The number of hydrogen-bond donors (Lipinski definition) is 1. The molecule has 1 saturated carbocycles. The van der Waals surface area contributed by atoms with Crippen molar-refractivity contribution >= 4 is 11.6 Å². The quantitative estimate of drug-likeness (QED) is 0.839. The molecule has 0 aromatic heterocycles. The number of nitrogens with zero attached hydrogens (tertiary/aromatic N) is 1. The van der Waals surface area contributed by atoms with E-state index < -0.39 is 6.61 Å². The predicted octanol–water partition coefficient (Wildman–Crippen LogP) is 3.29. The van der Waals surface area contributed by atoms with Gasteiger partial charge in [0.25, 0.3) is 0 Å². The monoisotopic (exact) mass is 305 g/mol. The molecule has 1 aromatic carbocycles. The summed E-state index contributed by atoms with van der Waals surface area (Å²) in [5.74, 6) is 0.145. The maximum Gasteiger partial charge on any atom is 0.387 e. The number of aliphatic hydroxyl groups excluding tert-OH is 1. The first-order valence-electron chi connectivity index (χ1n) is 6.68. The largest absolute Gasteiger partial charge is 0.434 e. The van der Waals surface area contributed by atoms with Crippen molar-refractivity contribution in [2.45, 2.75) is 38.5 Å². The van der Waals surface area contributed by atoms with E-state index >= 15 is 0 Å². The van der Waals surface area contributed by atoms with Crippen LogP contribution in [0.25, 0.3) is 0 Å². The Bertz CT molecular complexity index is 441. The molecule has 1 aliphatic rings. The second-order valence-electron chi connectivity index (χ2n) is 4.91. The highest BCUT2D eigenvalue weighted by Crippen LogP contribution is 2.30. The van der Waals surface area contributed by atoms with Crippen LogP contribution in [0.15, 0.2) is 18.2 Å². The zero-order chi connectivity index (χ0) is 14.5. The average molecular weight is 306 g/mol. The molecule has 1 aromatic rings. The topological polar surface area (TPSA) is 32.7 Å². The van der Waals surface area contributed by atoms with Gasteiger partial charge in [-0.15, -0.1) is 0 Å². The van der Waals surface area contributed by atoms with E-state index in [0.29, 0.717) is 29.7 Å². The molecule has 0 saturated heterocycles. The van der Waals surface area contributed by atoms with Crippen molar-refractivity contribution in [2.75, 3.05) is 13.2 Å². The second kappa shape index (κ2) is 7.20. The molecule has 3 nitrogen and oxygen atoms in total. The predicted molar refractivity (Wildman–Crippen MR) is 73.2 cm³/mol. The van der Waals surface area contributed by atoms with Gasteiger partial charge in [0.2, 0.25) is 0 Å². The Morgan fingerprint density at radius 3 is 2.70 bits per heavy atom. The first kappa shape index (κ1) is 15.5. The van der Waals surface area contributed by atoms with Crippen LogP contribution in [-0.4, -0.2) is 35.8 Å². The first-order valence-corrected chi connectivity index (χ1v) is 7.06. The van der Waals surface area contributed by atoms with Crippen molar-refractivity contribution in [3.63, 3.8) is 0 Å². The van der Waals surface area contributed by atoms with Gasteiger partial charge in [-0.25, -0.2) is 0 Å². The van der Waals surface area contributed by atoms with E-state index in [1.807, 2.05) is 0 Å². The van der Waals surface area contributed by atoms with Crippen molar-refractivity contribution in [1.82, 2.24) is 4.90 Å². The molecule has 0 spiro atoms. The fourth-order valence-electron chi connectivity index (χ4n) is 2.37. The van der Waals surface area contributed by atoms with Gasteiger partial charge >= 0.3 is 6.61 Å². The summed E-state index contributed by atoms with van der Waals surface area (Å²) >= 11 is 5.93. The lowest BCUT2D eigenvalue weighted by atomic mass is 9.91. The number of aliphatic hydroxyl groups is 1. The highest BCUT2D eigenvalue weighted by molar-refractivity contribution is 6.30. The van der Waals surface area contributed by atoms with Gasteiger partial charge in [-0.3, -0.25) is 4.90 Å². The van der Waals surface area contributed by atoms with Crippen molar-refractivity contribution in [1.29, 1.82) is 0 Å². The minimum Gasteiger partial charge on any atom is -0.434 e. The Morgan fingerprint density at radius 1 is 1.40 bits per heavy atom. The number of hydrogen-bond acceptors (Lipinski definition) is 3. The zero-order valence-electron chi connectivity index (χ0n) is 11.1. The number of rotatable bonds is 7. The lowest BCUT2D eigenvalue weighted by Crippen LogP contribution is -2.41. The highest BCUT2D eigenvalue weighted by atomic mass is 35.5. The van der Waals surface area contributed by atoms with E-state index in [9.17, 15) is 8.78 Å². The van der Waals surface area contributed by atoms with Crippen LogP contribution in [0.5, 0.6) is 5.75 Å². The summed E-state index contributed by atoms with van der Waals surface area (Å²) in [5, 5.41) is 9.62. The zero-order valence-corrected chi connectivity index (χ0v) is 11.8. The van der Waals surface area contributed by atoms with Crippen LogP contribution in [0.2, 0.25) is 5.02 Å². The van der Waals surface area contributed by atoms with Crippen LogP contribution in [0.1, 0.15) is 24.8 Å². The summed E-state index contributed by atoms with van der Waals surface area (Å²) in [4.78, 5) is 2.09. The molecule has 1 fully saturated rings. The van der Waals surface area contributed by atoms with Gasteiger partial charge in [0.05, 0.1) is 6.61 Å². The van der Waals surface area contributed by atoms with E-state index in [1.165, 1.54) is 18.6 Å². The molecule has 0 radical (unpaired) electrons. The molecule has 0 bridgehead atoms. The Morgan fingerprint density at radius 2 is 2.15 bits per heavy atom. The van der Waals surface area contributed by atoms with Crippen LogP contribution in [0, 0.1) is 0 Å². The lowest BCUT2D eigenvalue weighted by molar-refractivity contribution is -0.0510. The van der Waals surface area contributed by atoms with Crippen LogP contribution in [-0.2, 0) is 6.54 Å². The summed E-state index contributed by atoms with van der Waals surface area (Å²) in [6.45, 7) is -1.84. The van der Waals surface area contributed by atoms with Gasteiger partial charge < -0.3 is 9.84 Å². The van der Waals surface area contributed by atoms with Crippen LogP contribution < -0.4 is 4.74 Å². The molecule has 6 heteroatoms.